The van der Waals surface area contributed by atoms with Crippen molar-refractivity contribution in [1.82, 2.24) is 10.0 Å². The molecule has 0 aliphatic heterocycles. The highest BCUT2D eigenvalue weighted by molar-refractivity contribution is 7.89. The van der Waals surface area contributed by atoms with Crippen molar-refractivity contribution in [3.05, 3.63) is 28.8 Å². The molecule has 134 valence electrons. The van der Waals surface area contributed by atoms with Crippen LogP contribution in [-0.2, 0) is 10.0 Å². The molecule has 2 rings (SSSR count). The van der Waals surface area contributed by atoms with Crippen LogP contribution in [0.1, 0.15) is 49.9 Å². The fraction of sp³-hybridized carbons (Fsp3) is 0.562. The van der Waals surface area contributed by atoms with E-state index < -0.39 is 15.9 Å². The van der Waals surface area contributed by atoms with Crippen molar-refractivity contribution in [2.45, 2.75) is 62.6 Å². The summed E-state index contributed by atoms with van der Waals surface area (Å²) >= 11 is 6.07. The van der Waals surface area contributed by atoms with Gasteiger partial charge in [0, 0.05) is 12.1 Å². The van der Waals surface area contributed by atoms with Crippen LogP contribution in [0.5, 0.6) is 0 Å². The summed E-state index contributed by atoms with van der Waals surface area (Å²) in [5.41, 5.74) is 0.134. The maximum Gasteiger partial charge on any atom is 0.253 e. The van der Waals surface area contributed by atoms with Crippen molar-refractivity contribution in [3.63, 3.8) is 0 Å². The molecule has 0 saturated heterocycles. The molecule has 0 spiro atoms. The lowest BCUT2D eigenvalue weighted by molar-refractivity contribution is 0.0867. The van der Waals surface area contributed by atoms with Crippen LogP contribution in [0.25, 0.3) is 0 Å². The largest absolute Gasteiger partial charge is 0.393 e. The molecule has 1 aromatic carbocycles. The summed E-state index contributed by atoms with van der Waals surface area (Å²) in [5, 5.41) is 12.6. The number of carbonyl (C=O) groups is 1. The SMILES string of the molecule is CC(C)NS(=O)(=O)c1ccc(Cl)c(C(=O)NC2CCC(O)CC2)c1. The summed E-state index contributed by atoms with van der Waals surface area (Å²) < 4.78 is 27.0. The maximum atomic E-state index is 12.4. The van der Waals surface area contributed by atoms with E-state index in [1.54, 1.807) is 13.8 Å². The second-order valence-electron chi connectivity index (χ2n) is 6.40. The summed E-state index contributed by atoms with van der Waals surface area (Å²) in [7, 11) is -3.69. The van der Waals surface area contributed by atoms with E-state index >= 15 is 0 Å². The van der Waals surface area contributed by atoms with Gasteiger partial charge < -0.3 is 10.4 Å². The zero-order chi connectivity index (χ0) is 17.9. The highest BCUT2D eigenvalue weighted by atomic mass is 35.5. The molecule has 0 radical (unpaired) electrons. The molecule has 0 bridgehead atoms. The van der Waals surface area contributed by atoms with Crippen LogP contribution in [0.3, 0.4) is 0 Å². The Kier molecular flexibility index (Phi) is 6.25. The number of hydrogen-bond acceptors (Lipinski definition) is 4. The number of sulfonamides is 1. The number of halogens is 1. The second kappa shape index (κ2) is 7.82. The Bertz CT molecular complexity index is 698. The molecule has 0 unspecified atom stereocenters. The normalized spacial score (nSPS) is 21.7. The van der Waals surface area contributed by atoms with E-state index in [1.165, 1.54) is 18.2 Å². The summed E-state index contributed by atoms with van der Waals surface area (Å²) in [6.07, 6.45) is 2.36. The van der Waals surface area contributed by atoms with Gasteiger partial charge in [0.2, 0.25) is 10.0 Å². The lowest BCUT2D eigenvalue weighted by atomic mass is 9.93. The van der Waals surface area contributed by atoms with Crippen LogP contribution in [0.4, 0.5) is 0 Å². The zero-order valence-corrected chi connectivity index (χ0v) is 15.3. The first-order valence-corrected chi connectivity index (χ1v) is 9.86. The monoisotopic (exact) mass is 374 g/mol. The van der Waals surface area contributed by atoms with Crippen LogP contribution in [0.15, 0.2) is 23.1 Å². The molecule has 6 nitrogen and oxygen atoms in total. The minimum atomic E-state index is -3.69. The van der Waals surface area contributed by atoms with Crippen LogP contribution in [0, 0.1) is 0 Å². The van der Waals surface area contributed by atoms with Gasteiger partial charge in [0.15, 0.2) is 0 Å². The van der Waals surface area contributed by atoms with Crippen LogP contribution in [0.2, 0.25) is 5.02 Å². The summed E-state index contributed by atoms with van der Waals surface area (Å²) in [6.45, 7) is 3.44. The molecule has 1 aliphatic rings. The minimum absolute atomic E-state index is 0.00446. The van der Waals surface area contributed by atoms with Gasteiger partial charge in [-0.15, -0.1) is 0 Å². The van der Waals surface area contributed by atoms with Gasteiger partial charge in [0.05, 0.1) is 21.6 Å². The van der Waals surface area contributed by atoms with Crippen molar-refractivity contribution < 1.29 is 18.3 Å². The van der Waals surface area contributed by atoms with E-state index in [4.69, 9.17) is 11.6 Å². The van der Waals surface area contributed by atoms with Gasteiger partial charge in [-0.25, -0.2) is 13.1 Å². The van der Waals surface area contributed by atoms with Crippen molar-refractivity contribution in [3.8, 4) is 0 Å². The lowest BCUT2D eigenvalue weighted by Gasteiger charge is -2.26. The van der Waals surface area contributed by atoms with E-state index in [-0.39, 0.29) is 33.7 Å². The van der Waals surface area contributed by atoms with Crippen LogP contribution < -0.4 is 10.0 Å². The molecule has 1 saturated carbocycles. The first kappa shape index (κ1) is 19.2. The molecule has 3 N–H and O–H groups in total. The zero-order valence-electron chi connectivity index (χ0n) is 13.8. The third-order valence-electron chi connectivity index (χ3n) is 3.92. The highest BCUT2D eigenvalue weighted by Crippen LogP contribution is 2.23. The Morgan fingerprint density at radius 2 is 1.88 bits per heavy atom. The molecule has 1 fully saturated rings. The molecule has 8 heteroatoms. The fourth-order valence-electron chi connectivity index (χ4n) is 2.71. The number of nitrogens with one attached hydrogen (secondary N) is 2. The molecule has 0 atom stereocenters. The molecular weight excluding hydrogens is 352 g/mol. The second-order valence-corrected chi connectivity index (χ2v) is 8.52. The standard InChI is InChI=1S/C16H23ClN2O4S/c1-10(2)19-24(22,23)13-7-8-15(17)14(9-13)16(21)18-11-3-5-12(20)6-4-11/h7-12,19-20H,3-6H2,1-2H3,(H,18,21). The Labute approximate surface area is 147 Å². The number of aliphatic hydroxyl groups excluding tert-OH is 1. The number of rotatable bonds is 5. The third-order valence-corrected chi connectivity index (χ3v) is 5.90. The van der Waals surface area contributed by atoms with Gasteiger partial charge in [-0.1, -0.05) is 11.6 Å². The number of hydrogen-bond donors (Lipinski definition) is 3. The Morgan fingerprint density at radius 3 is 2.46 bits per heavy atom. The summed E-state index contributed by atoms with van der Waals surface area (Å²) in [5.74, 6) is -0.400. The Balaban J connectivity index is 2.17. The first-order chi connectivity index (χ1) is 11.2. The van der Waals surface area contributed by atoms with E-state index in [2.05, 4.69) is 10.0 Å². The van der Waals surface area contributed by atoms with Crippen molar-refractivity contribution in [2.24, 2.45) is 0 Å². The molecular formula is C16H23ClN2O4S. The summed E-state index contributed by atoms with van der Waals surface area (Å²) in [4.78, 5) is 12.4. The molecule has 24 heavy (non-hydrogen) atoms. The first-order valence-electron chi connectivity index (χ1n) is 8.00. The third kappa shape index (κ3) is 4.92. The van der Waals surface area contributed by atoms with E-state index in [9.17, 15) is 18.3 Å². The van der Waals surface area contributed by atoms with Crippen molar-refractivity contribution in [2.75, 3.05) is 0 Å². The average Bonchev–Trinajstić information content (AvgIpc) is 2.48. The minimum Gasteiger partial charge on any atom is -0.393 e. The summed E-state index contributed by atoms with van der Waals surface area (Å²) in [6, 6.07) is 3.79. The molecule has 1 amide bonds. The van der Waals surface area contributed by atoms with Gasteiger partial charge in [-0.2, -0.15) is 0 Å². The van der Waals surface area contributed by atoms with Crippen LogP contribution >= 0.6 is 11.6 Å². The van der Waals surface area contributed by atoms with Gasteiger partial charge in [0.25, 0.3) is 5.91 Å². The quantitative estimate of drug-likeness (QED) is 0.735. The van der Waals surface area contributed by atoms with Crippen LogP contribution in [-0.4, -0.2) is 37.6 Å². The smallest absolute Gasteiger partial charge is 0.253 e. The highest BCUT2D eigenvalue weighted by Gasteiger charge is 2.24. The molecule has 0 aromatic heterocycles. The molecule has 1 aliphatic carbocycles. The van der Waals surface area contributed by atoms with Gasteiger partial charge in [0.1, 0.15) is 0 Å². The fourth-order valence-corrected chi connectivity index (χ4v) is 4.19. The topological polar surface area (TPSA) is 95.5 Å². The number of benzene rings is 1. The number of aliphatic hydroxyl groups is 1. The molecule has 1 aromatic rings. The Hall–Kier alpha value is -1.15. The average molecular weight is 375 g/mol. The Morgan fingerprint density at radius 1 is 1.25 bits per heavy atom. The maximum absolute atomic E-state index is 12.4. The van der Waals surface area contributed by atoms with Gasteiger partial charge >= 0.3 is 0 Å². The predicted octanol–water partition coefficient (Wildman–Crippen LogP) is 2.06. The van der Waals surface area contributed by atoms with E-state index in [1.807, 2.05) is 0 Å². The molecule has 0 heterocycles. The lowest BCUT2D eigenvalue weighted by Crippen LogP contribution is -2.38. The van der Waals surface area contributed by atoms with Crippen molar-refractivity contribution in [1.29, 1.82) is 0 Å². The predicted molar refractivity (Wildman–Crippen MR) is 92.6 cm³/mol. The van der Waals surface area contributed by atoms with Gasteiger partial charge in [-0.3, -0.25) is 4.79 Å². The number of carbonyl (C=O) groups excluding carboxylic acids is 1. The number of amides is 1. The van der Waals surface area contributed by atoms with Gasteiger partial charge in [-0.05, 0) is 57.7 Å². The van der Waals surface area contributed by atoms with E-state index in [0.717, 1.165) is 0 Å². The van der Waals surface area contributed by atoms with E-state index in [0.29, 0.717) is 25.7 Å². The van der Waals surface area contributed by atoms with Crippen molar-refractivity contribution >= 4 is 27.5 Å².